The van der Waals surface area contributed by atoms with Crippen LogP contribution in [0.25, 0.3) is 0 Å². The molecule has 39 heavy (non-hydrogen) atoms. The van der Waals surface area contributed by atoms with Crippen LogP contribution >= 0.6 is 0 Å². The number of nitrogens with zero attached hydrogens (tertiary/aromatic N) is 4. The Hall–Kier alpha value is -2.70. The SMILES string of the molecule is N=S(=O)(c1ccc(CC2CC3(C2)CN(C(=O)N2CC4(CC(c5n[nH]c(C6CC6)n5)C4)C2)C3)c(F)c1)C(F)(F)F. The molecule has 2 aliphatic heterocycles. The number of hydrogen-bond acceptors (Lipinski definition) is 5. The number of H-pyrrole nitrogens is 1. The van der Waals surface area contributed by atoms with Crippen LogP contribution in [-0.2, 0) is 16.1 Å². The Morgan fingerprint density at radius 2 is 1.67 bits per heavy atom. The number of aromatic amines is 1. The first-order valence-electron chi connectivity index (χ1n) is 13.5. The first-order chi connectivity index (χ1) is 18.4. The highest BCUT2D eigenvalue weighted by Gasteiger charge is 2.58. The highest BCUT2D eigenvalue weighted by molar-refractivity contribution is 7.93. The third-order valence-electron chi connectivity index (χ3n) is 9.49. The number of amides is 2. The Kier molecular flexibility index (Phi) is 5.30. The minimum absolute atomic E-state index is 0.0531. The maximum atomic E-state index is 14.5. The number of halogens is 4. The Morgan fingerprint density at radius 3 is 2.23 bits per heavy atom. The summed E-state index contributed by atoms with van der Waals surface area (Å²) < 4.78 is 72.0. The van der Waals surface area contributed by atoms with Gasteiger partial charge in [0.1, 0.15) is 11.6 Å². The van der Waals surface area contributed by atoms with E-state index in [4.69, 9.17) is 4.78 Å². The molecule has 2 aromatic rings. The summed E-state index contributed by atoms with van der Waals surface area (Å²) in [4.78, 5) is 20.6. The molecule has 0 radical (unpaired) electrons. The predicted octanol–water partition coefficient (Wildman–Crippen LogP) is 5.00. The number of likely N-dealkylation sites (tertiary alicyclic amines) is 2. The summed E-state index contributed by atoms with van der Waals surface area (Å²) >= 11 is 0. The van der Waals surface area contributed by atoms with Crippen molar-refractivity contribution in [2.75, 3.05) is 26.2 Å². The van der Waals surface area contributed by atoms with Gasteiger partial charge in [0.25, 0.3) is 0 Å². The van der Waals surface area contributed by atoms with Gasteiger partial charge in [0.05, 0.1) is 4.90 Å². The van der Waals surface area contributed by atoms with E-state index in [1.807, 2.05) is 9.80 Å². The second-order valence-corrected chi connectivity index (χ2v) is 14.7. The number of hydrogen-bond donors (Lipinski definition) is 2. The molecule has 2 saturated heterocycles. The Labute approximate surface area is 223 Å². The fourth-order valence-electron chi connectivity index (χ4n) is 7.32. The highest BCUT2D eigenvalue weighted by atomic mass is 32.2. The number of alkyl halides is 3. The molecule has 2 spiro atoms. The van der Waals surface area contributed by atoms with Gasteiger partial charge in [-0.3, -0.25) is 5.10 Å². The molecule has 3 saturated carbocycles. The van der Waals surface area contributed by atoms with Gasteiger partial charge in [0.2, 0.25) is 0 Å². The first-order valence-corrected chi connectivity index (χ1v) is 15.0. The summed E-state index contributed by atoms with van der Waals surface area (Å²) in [6.45, 7) is 2.93. The molecule has 0 bridgehead atoms. The lowest BCUT2D eigenvalue weighted by molar-refractivity contribution is -0.100. The number of carbonyl (C=O) groups is 1. The highest BCUT2D eigenvalue weighted by Crippen LogP contribution is 2.57. The molecule has 3 heterocycles. The number of aromatic nitrogens is 3. The molecular weight excluding hydrogens is 536 g/mol. The van der Waals surface area contributed by atoms with Gasteiger partial charge in [-0.05, 0) is 68.6 Å². The maximum absolute atomic E-state index is 14.5. The lowest BCUT2D eigenvalue weighted by Gasteiger charge is -2.63. The van der Waals surface area contributed by atoms with E-state index < -0.39 is 26.0 Å². The van der Waals surface area contributed by atoms with Gasteiger partial charge in [-0.1, -0.05) is 6.07 Å². The number of carbonyl (C=O) groups excluding carboxylic acids is 1. The lowest BCUT2D eigenvalue weighted by atomic mass is 9.56. The van der Waals surface area contributed by atoms with Crippen LogP contribution in [0.4, 0.5) is 22.4 Å². The van der Waals surface area contributed by atoms with Crippen LogP contribution < -0.4 is 0 Å². The minimum atomic E-state index is -5.25. The van der Waals surface area contributed by atoms with Crippen molar-refractivity contribution in [1.82, 2.24) is 25.0 Å². The molecule has 1 unspecified atom stereocenters. The van der Waals surface area contributed by atoms with Crippen LogP contribution in [0.15, 0.2) is 23.1 Å². The predicted molar refractivity (Wildman–Crippen MR) is 132 cm³/mol. The van der Waals surface area contributed by atoms with Gasteiger partial charge in [-0.25, -0.2) is 23.2 Å². The van der Waals surface area contributed by atoms with Crippen LogP contribution in [0, 0.1) is 27.3 Å². The number of rotatable bonds is 5. The minimum Gasteiger partial charge on any atom is -0.323 e. The van der Waals surface area contributed by atoms with Crippen molar-refractivity contribution in [2.24, 2.45) is 16.7 Å². The van der Waals surface area contributed by atoms with Crippen molar-refractivity contribution in [3.63, 3.8) is 0 Å². The maximum Gasteiger partial charge on any atom is 0.483 e. The monoisotopic (exact) mass is 566 g/mol. The molecule has 5 fully saturated rings. The largest absolute Gasteiger partial charge is 0.483 e. The molecule has 7 rings (SSSR count). The van der Waals surface area contributed by atoms with Crippen molar-refractivity contribution < 1.29 is 26.6 Å². The molecule has 2 N–H and O–H groups in total. The van der Waals surface area contributed by atoms with E-state index in [0.29, 0.717) is 37.4 Å². The number of urea groups is 1. The van der Waals surface area contributed by atoms with Crippen LogP contribution in [0.3, 0.4) is 0 Å². The Morgan fingerprint density at radius 1 is 1.05 bits per heavy atom. The third kappa shape index (κ3) is 4.13. The molecule has 210 valence electrons. The molecule has 2 amide bonds. The molecule has 1 aromatic heterocycles. The van der Waals surface area contributed by atoms with Crippen LogP contribution in [0.2, 0.25) is 0 Å². The number of benzene rings is 1. The van der Waals surface area contributed by atoms with Crippen LogP contribution in [0.1, 0.15) is 67.6 Å². The molecule has 1 aromatic carbocycles. The van der Waals surface area contributed by atoms with Crippen LogP contribution in [0.5, 0.6) is 0 Å². The zero-order chi connectivity index (χ0) is 27.4. The summed E-state index contributed by atoms with van der Waals surface area (Å²) in [5, 5.41) is 7.50. The zero-order valence-corrected chi connectivity index (χ0v) is 22.1. The van der Waals surface area contributed by atoms with Gasteiger partial charge in [0, 0.05) is 48.8 Å². The quantitative estimate of drug-likeness (QED) is 0.497. The summed E-state index contributed by atoms with van der Waals surface area (Å²) in [6.07, 6.45) is 6.47. The van der Waals surface area contributed by atoms with E-state index in [-0.39, 0.29) is 28.3 Å². The zero-order valence-electron chi connectivity index (χ0n) is 21.3. The fourth-order valence-corrected chi connectivity index (χ4v) is 8.11. The summed E-state index contributed by atoms with van der Waals surface area (Å²) in [5.74, 6) is 2.20. The van der Waals surface area contributed by atoms with E-state index in [1.54, 1.807) is 0 Å². The Balaban J connectivity index is 0.857. The number of nitrogens with one attached hydrogen (secondary N) is 2. The summed E-state index contributed by atoms with van der Waals surface area (Å²) in [6, 6.07) is 2.82. The van der Waals surface area contributed by atoms with Gasteiger partial charge < -0.3 is 9.80 Å². The smallest absolute Gasteiger partial charge is 0.323 e. The van der Waals surface area contributed by atoms with Gasteiger partial charge in [0.15, 0.2) is 15.6 Å². The van der Waals surface area contributed by atoms with Crippen molar-refractivity contribution in [3.8, 4) is 0 Å². The summed E-state index contributed by atoms with van der Waals surface area (Å²) in [5.41, 5.74) is -4.72. The van der Waals surface area contributed by atoms with Gasteiger partial charge >= 0.3 is 11.5 Å². The van der Waals surface area contributed by atoms with E-state index in [2.05, 4.69) is 15.2 Å². The Bertz CT molecular complexity index is 1420. The van der Waals surface area contributed by atoms with Gasteiger partial charge in [-0.15, -0.1) is 0 Å². The average molecular weight is 567 g/mol. The van der Waals surface area contributed by atoms with E-state index >= 15 is 0 Å². The second-order valence-electron chi connectivity index (χ2n) is 12.7. The molecular formula is C26H30F4N6O2S. The normalized spacial score (nSPS) is 25.5. The lowest BCUT2D eigenvalue weighted by Crippen LogP contribution is -2.71. The van der Waals surface area contributed by atoms with E-state index in [9.17, 15) is 26.6 Å². The first kappa shape index (κ1) is 25.3. The van der Waals surface area contributed by atoms with Crippen molar-refractivity contribution >= 4 is 15.8 Å². The molecule has 8 nitrogen and oxygen atoms in total. The van der Waals surface area contributed by atoms with Crippen molar-refractivity contribution in [2.45, 2.75) is 67.2 Å². The van der Waals surface area contributed by atoms with Crippen molar-refractivity contribution in [3.05, 3.63) is 41.2 Å². The van der Waals surface area contributed by atoms with Crippen LogP contribution in [-0.4, -0.2) is 66.9 Å². The fraction of sp³-hybridized carbons (Fsp3) is 0.654. The third-order valence-corrected chi connectivity index (χ3v) is 11.1. The average Bonchev–Trinajstić information content (AvgIpc) is 3.50. The van der Waals surface area contributed by atoms with E-state index in [1.165, 1.54) is 18.9 Å². The molecule has 13 heteroatoms. The molecule has 3 aliphatic carbocycles. The van der Waals surface area contributed by atoms with Crippen molar-refractivity contribution in [1.29, 1.82) is 4.78 Å². The molecule has 5 aliphatic rings. The standard InChI is InChI=1S/C26H30F4N6O2S/c27-20-6-19(39(31,38)26(28,29)30)4-3-17(20)5-15-7-24(8-15)11-35(12-24)23(37)36-13-25(14-36)9-18(10-25)22-32-21(33-34-22)16-1-2-16/h3-4,6,15-16,18,31H,1-2,5,7-14H2,(H,32,33,34). The van der Waals surface area contributed by atoms with E-state index in [0.717, 1.165) is 56.5 Å². The molecule has 1 atom stereocenters. The van der Waals surface area contributed by atoms with Gasteiger partial charge in [-0.2, -0.15) is 18.3 Å². The summed E-state index contributed by atoms with van der Waals surface area (Å²) in [7, 11) is -5.08. The topological polar surface area (TPSA) is 106 Å². The second kappa shape index (κ2) is 8.17.